The maximum absolute atomic E-state index is 12.1. The van der Waals surface area contributed by atoms with Crippen LogP contribution in [0.5, 0.6) is 0 Å². The van der Waals surface area contributed by atoms with E-state index in [1.807, 2.05) is 0 Å². The van der Waals surface area contributed by atoms with Crippen molar-refractivity contribution in [3.63, 3.8) is 0 Å². The van der Waals surface area contributed by atoms with E-state index in [2.05, 4.69) is 13.8 Å². The topological polar surface area (TPSA) is 63.4 Å². The van der Waals surface area contributed by atoms with Crippen molar-refractivity contribution < 1.29 is 8.42 Å². The van der Waals surface area contributed by atoms with Gasteiger partial charge in [-0.15, -0.1) is 12.4 Å². The zero-order valence-corrected chi connectivity index (χ0v) is 12.2. The molecule has 4 nitrogen and oxygen atoms in total. The third-order valence-corrected chi connectivity index (χ3v) is 5.80. The molecule has 1 atom stereocenters. The first-order valence-corrected chi connectivity index (χ1v) is 7.65. The summed E-state index contributed by atoms with van der Waals surface area (Å²) in [7, 11) is -3.04. The van der Waals surface area contributed by atoms with Crippen molar-refractivity contribution in [1.29, 1.82) is 0 Å². The maximum atomic E-state index is 12.1. The van der Waals surface area contributed by atoms with Crippen LogP contribution in [0.2, 0.25) is 0 Å². The van der Waals surface area contributed by atoms with Crippen LogP contribution in [0.1, 0.15) is 33.1 Å². The molecule has 1 saturated carbocycles. The largest absolute Gasteiger partial charge is 0.327 e. The second kappa shape index (κ2) is 5.03. The molecule has 1 unspecified atom stereocenters. The number of nitrogens with zero attached hydrogens (tertiary/aromatic N) is 1. The third-order valence-electron chi connectivity index (χ3n) is 3.81. The monoisotopic (exact) mass is 282 g/mol. The maximum Gasteiger partial charge on any atom is 0.214 e. The minimum Gasteiger partial charge on any atom is -0.327 e. The lowest BCUT2D eigenvalue weighted by molar-refractivity contribution is 0.155. The van der Waals surface area contributed by atoms with Crippen molar-refractivity contribution >= 4 is 22.4 Å². The second-order valence-electron chi connectivity index (χ2n) is 5.94. The molecule has 102 valence electrons. The molecular weight excluding hydrogens is 260 g/mol. The summed E-state index contributed by atoms with van der Waals surface area (Å²) in [6.07, 6.45) is 2.93. The molecule has 0 spiro atoms. The van der Waals surface area contributed by atoms with Crippen LogP contribution >= 0.6 is 12.4 Å². The minimum atomic E-state index is -3.04. The predicted molar refractivity (Wildman–Crippen MR) is 71.7 cm³/mol. The van der Waals surface area contributed by atoms with E-state index in [9.17, 15) is 8.42 Å². The molecule has 1 heterocycles. The molecule has 1 saturated heterocycles. The van der Waals surface area contributed by atoms with Gasteiger partial charge in [0.15, 0.2) is 0 Å². The lowest BCUT2D eigenvalue weighted by Crippen LogP contribution is -2.54. The summed E-state index contributed by atoms with van der Waals surface area (Å²) in [5.74, 6) is 0.766. The highest BCUT2D eigenvalue weighted by molar-refractivity contribution is 7.89. The van der Waals surface area contributed by atoms with Crippen molar-refractivity contribution in [3.8, 4) is 0 Å². The standard InChI is InChI=1S/C11H22N2O2S.ClH/c1-11(2)8-13(6-5-10(11)12)16(14,15)7-9-3-4-9;/h9-10H,3-8,12H2,1-2H3;1H. The first-order chi connectivity index (χ1) is 7.31. The molecule has 2 N–H and O–H groups in total. The highest BCUT2D eigenvalue weighted by atomic mass is 35.5. The molecule has 17 heavy (non-hydrogen) atoms. The molecule has 0 radical (unpaired) electrons. The van der Waals surface area contributed by atoms with E-state index in [1.165, 1.54) is 0 Å². The molecule has 0 aromatic heterocycles. The van der Waals surface area contributed by atoms with Gasteiger partial charge in [0.25, 0.3) is 0 Å². The van der Waals surface area contributed by atoms with Gasteiger partial charge in [-0.1, -0.05) is 13.8 Å². The number of hydrogen-bond acceptors (Lipinski definition) is 3. The van der Waals surface area contributed by atoms with Crippen LogP contribution in [-0.4, -0.2) is 37.6 Å². The Bertz CT molecular complexity index is 366. The zero-order chi connectivity index (χ0) is 12.0. The van der Waals surface area contributed by atoms with Gasteiger partial charge < -0.3 is 5.73 Å². The van der Waals surface area contributed by atoms with Gasteiger partial charge in [0.1, 0.15) is 0 Å². The fourth-order valence-corrected chi connectivity index (χ4v) is 4.30. The fourth-order valence-electron chi connectivity index (χ4n) is 2.25. The van der Waals surface area contributed by atoms with Crippen molar-refractivity contribution in [2.75, 3.05) is 18.8 Å². The minimum absolute atomic E-state index is 0. The number of sulfonamides is 1. The Balaban J connectivity index is 0.00000144. The number of nitrogens with two attached hydrogens (primary N) is 1. The summed E-state index contributed by atoms with van der Waals surface area (Å²) in [5, 5.41) is 0. The van der Waals surface area contributed by atoms with Crippen LogP contribution in [0.25, 0.3) is 0 Å². The Hall–Kier alpha value is 0.160. The van der Waals surface area contributed by atoms with Gasteiger partial charge in [-0.2, -0.15) is 0 Å². The first-order valence-electron chi connectivity index (χ1n) is 6.05. The normalized spacial score (nSPS) is 29.7. The van der Waals surface area contributed by atoms with E-state index >= 15 is 0 Å². The number of piperidine rings is 1. The molecule has 0 bridgehead atoms. The van der Waals surface area contributed by atoms with Gasteiger partial charge in [0, 0.05) is 19.1 Å². The van der Waals surface area contributed by atoms with Gasteiger partial charge in [-0.05, 0) is 30.6 Å². The lowest BCUT2D eigenvalue weighted by Gasteiger charge is -2.41. The van der Waals surface area contributed by atoms with Crippen LogP contribution in [0.15, 0.2) is 0 Å². The van der Waals surface area contributed by atoms with Gasteiger partial charge in [-0.3, -0.25) is 0 Å². The summed E-state index contributed by atoms with van der Waals surface area (Å²) in [4.78, 5) is 0. The van der Waals surface area contributed by atoms with Crippen LogP contribution < -0.4 is 5.73 Å². The molecule has 2 aliphatic rings. The van der Waals surface area contributed by atoms with Gasteiger partial charge in [-0.25, -0.2) is 12.7 Å². The summed E-state index contributed by atoms with van der Waals surface area (Å²) in [5.41, 5.74) is 5.91. The summed E-state index contributed by atoms with van der Waals surface area (Å²) >= 11 is 0. The number of hydrogen-bond donors (Lipinski definition) is 1. The molecule has 0 aromatic carbocycles. The lowest BCUT2D eigenvalue weighted by atomic mass is 9.81. The second-order valence-corrected chi connectivity index (χ2v) is 7.95. The zero-order valence-electron chi connectivity index (χ0n) is 10.6. The molecule has 0 aromatic rings. The summed E-state index contributed by atoms with van der Waals surface area (Å²) in [6, 6.07) is 0.111. The van der Waals surface area contributed by atoms with E-state index in [0.29, 0.717) is 24.8 Å². The Labute approximate surface area is 110 Å². The van der Waals surface area contributed by atoms with Crippen molar-refractivity contribution in [3.05, 3.63) is 0 Å². The molecule has 2 fully saturated rings. The van der Waals surface area contributed by atoms with E-state index < -0.39 is 10.0 Å². The van der Waals surface area contributed by atoms with Crippen molar-refractivity contribution in [1.82, 2.24) is 4.31 Å². The predicted octanol–water partition coefficient (Wildman–Crippen LogP) is 1.21. The molecule has 2 rings (SSSR count). The Kier molecular flexibility index (Phi) is 4.51. The summed E-state index contributed by atoms with van der Waals surface area (Å²) in [6.45, 7) is 5.27. The van der Waals surface area contributed by atoms with Gasteiger partial charge in [0.05, 0.1) is 5.75 Å². The highest BCUT2D eigenvalue weighted by Crippen LogP contribution is 2.34. The van der Waals surface area contributed by atoms with Crippen LogP contribution in [0.4, 0.5) is 0 Å². The van der Waals surface area contributed by atoms with Crippen LogP contribution in [0.3, 0.4) is 0 Å². The van der Waals surface area contributed by atoms with Crippen LogP contribution in [-0.2, 0) is 10.0 Å². The molecule has 1 aliphatic heterocycles. The molecule has 1 aliphatic carbocycles. The van der Waals surface area contributed by atoms with E-state index in [0.717, 1.165) is 19.3 Å². The average molecular weight is 283 g/mol. The van der Waals surface area contributed by atoms with Gasteiger partial charge in [0.2, 0.25) is 10.0 Å². The molecule has 0 amide bonds. The average Bonchev–Trinajstić information content (AvgIpc) is 2.92. The van der Waals surface area contributed by atoms with Gasteiger partial charge >= 0.3 is 0 Å². The fraction of sp³-hybridized carbons (Fsp3) is 1.00. The molecule has 6 heteroatoms. The Morgan fingerprint density at radius 1 is 1.29 bits per heavy atom. The summed E-state index contributed by atoms with van der Waals surface area (Å²) < 4.78 is 25.9. The first kappa shape index (κ1) is 15.2. The van der Waals surface area contributed by atoms with E-state index in [-0.39, 0.29) is 23.9 Å². The van der Waals surface area contributed by atoms with Crippen molar-refractivity contribution in [2.45, 2.75) is 39.2 Å². The number of halogens is 1. The van der Waals surface area contributed by atoms with E-state index in [4.69, 9.17) is 5.73 Å². The molecular formula is C11H23ClN2O2S. The third kappa shape index (κ3) is 3.56. The Morgan fingerprint density at radius 3 is 2.35 bits per heavy atom. The quantitative estimate of drug-likeness (QED) is 0.846. The highest BCUT2D eigenvalue weighted by Gasteiger charge is 2.40. The number of rotatable bonds is 3. The van der Waals surface area contributed by atoms with E-state index in [1.54, 1.807) is 4.31 Å². The smallest absolute Gasteiger partial charge is 0.214 e. The SMILES string of the molecule is CC1(C)CN(S(=O)(=O)CC2CC2)CCC1N.Cl. The Morgan fingerprint density at radius 2 is 1.88 bits per heavy atom. The van der Waals surface area contributed by atoms with Crippen LogP contribution in [0, 0.1) is 11.3 Å². The van der Waals surface area contributed by atoms with Crippen molar-refractivity contribution in [2.24, 2.45) is 17.1 Å².